The zero-order valence-corrected chi connectivity index (χ0v) is 20.7. The standard InChI is InChI=1S/C29H31N5O2/c1-21(23-11-5-3-6-12-23)30-27(35)24-15-19-33(20-16-24)29(36)26-22(2)31-34(25-13-7-4-8-14-25)28(26)32-17-9-10-18-32/h3-14,17-18,21,24H,15-16,19-20H2,1-2H3,(H,30,35). The number of aryl methyl sites for hydroxylation is 1. The van der Waals surface area contributed by atoms with Crippen LogP contribution < -0.4 is 5.32 Å². The molecule has 0 aliphatic carbocycles. The largest absolute Gasteiger partial charge is 0.349 e. The number of hydrogen-bond donors (Lipinski definition) is 1. The molecule has 0 spiro atoms. The Morgan fingerprint density at radius 2 is 1.53 bits per heavy atom. The van der Waals surface area contributed by atoms with E-state index in [1.165, 1.54) is 0 Å². The first-order valence-electron chi connectivity index (χ1n) is 12.5. The molecule has 0 radical (unpaired) electrons. The van der Waals surface area contributed by atoms with Gasteiger partial charge in [-0.15, -0.1) is 0 Å². The minimum atomic E-state index is -0.0997. The van der Waals surface area contributed by atoms with Crippen LogP contribution in [0.15, 0.2) is 85.2 Å². The van der Waals surface area contributed by atoms with E-state index in [0.717, 1.165) is 17.1 Å². The van der Waals surface area contributed by atoms with E-state index in [1.54, 1.807) is 0 Å². The number of carbonyl (C=O) groups is 2. The van der Waals surface area contributed by atoms with E-state index in [4.69, 9.17) is 5.10 Å². The zero-order valence-electron chi connectivity index (χ0n) is 20.7. The molecule has 7 heteroatoms. The van der Waals surface area contributed by atoms with Gasteiger partial charge in [-0.25, -0.2) is 4.68 Å². The molecular weight excluding hydrogens is 450 g/mol. The first-order valence-corrected chi connectivity index (χ1v) is 12.5. The van der Waals surface area contributed by atoms with Crippen LogP contribution in [0.3, 0.4) is 0 Å². The quantitative estimate of drug-likeness (QED) is 0.434. The van der Waals surface area contributed by atoms with Crippen LogP contribution in [0.1, 0.15) is 47.4 Å². The highest BCUT2D eigenvalue weighted by Crippen LogP contribution is 2.27. The molecule has 184 valence electrons. The molecule has 5 rings (SSSR count). The summed E-state index contributed by atoms with van der Waals surface area (Å²) in [6, 6.07) is 23.6. The van der Waals surface area contributed by atoms with Gasteiger partial charge in [0, 0.05) is 31.4 Å². The third-order valence-electron chi connectivity index (χ3n) is 6.91. The summed E-state index contributed by atoms with van der Waals surface area (Å²) >= 11 is 0. The third kappa shape index (κ3) is 4.69. The molecule has 0 bridgehead atoms. The molecule has 2 aromatic carbocycles. The number of aromatic nitrogens is 3. The maximum absolute atomic E-state index is 13.8. The van der Waals surface area contributed by atoms with Gasteiger partial charge in [-0.2, -0.15) is 5.10 Å². The highest BCUT2D eigenvalue weighted by Gasteiger charge is 2.32. The summed E-state index contributed by atoms with van der Waals surface area (Å²) in [6.07, 6.45) is 5.14. The van der Waals surface area contributed by atoms with E-state index in [0.29, 0.717) is 37.2 Å². The lowest BCUT2D eigenvalue weighted by atomic mass is 9.94. The fourth-order valence-electron chi connectivity index (χ4n) is 4.89. The van der Waals surface area contributed by atoms with Crippen molar-refractivity contribution < 1.29 is 9.59 Å². The molecule has 1 unspecified atom stereocenters. The number of amides is 2. The smallest absolute Gasteiger partial charge is 0.259 e. The van der Waals surface area contributed by atoms with Gasteiger partial charge in [0.1, 0.15) is 5.56 Å². The Balaban J connectivity index is 1.32. The van der Waals surface area contributed by atoms with Crippen molar-refractivity contribution in [2.24, 2.45) is 5.92 Å². The molecule has 4 aromatic rings. The first-order chi connectivity index (χ1) is 17.5. The molecule has 1 aliphatic heterocycles. The summed E-state index contributed by atoms with van der Waals surface area (Å²) in [7, 11) is 0. The second-order valence-corrected chi connectivity index (χ2v) is 9.33. The highest BCUT2D eigenvalue weighted by atomic mass is 16.2. The van der Waals surface area contributed by atoms with Crippen LogP contribution >= 0.6 is 0 Å². The van der Waals surface area contributed by atoms with Gasteiger partial charge >= 0.3 is 0 Å². The van der Waals surface area contributed by atoms with E-state index in [-0.39, 0.29) is 23.8 Å². The number of nitrogens with zero attached hydrogens (tertiary/aromatic N) is 4. The normalized spacial score (nSPS) is 15.0. The Labute approximate surface area is 211 Å². The summed E-state index contributed by atoms with van der Waals surface area (Å²) < 4.78 is 3.76. The fraction of sp³-hybridized carbons (Fsp3) is 0.276. The van der Waals surface area contributed by atoms with E-state index in [2.05, 4.69) is 5.32 Å². The van der Waals surface area contributed by atoms with Gasteiger partial charge in [-0.05, 0) is 56.5 Å². The van der Waals surface area contributed by atoms with Crippen LogP contribution in [-0.4, -0.2) is 44.2 Å². The van der Waals surface area contributed by atoms with Gasteiger partial charge in [0.2, 0.25) is 5.91 Å². The molecule has 0 saturated carbocycles. The Morgan fingerprint density at radius 3 is 2.17 bits per heavy atom. The molecule has 7 nitrogen and oxygen atoms in total. The zero-order chi connectivity index (χ0) is 25.1. The molecule has 1 N–H and O–H groups in total. The Hall–Kier alpha value is -4.13. The first kappa shape index (κ1) is 23.6. The maximum atomic E-state index is 13.8. The molecule has 1 saturated heterocycles. The van der Waals surface area contributed by atoms with Gasteiger partial charge in [0.15, 0.2) is 5.82 Å². The van der Waals surface area contributed by atoms with Gasteiger partial charge in [-0.1, -0.05) is 48.5 Å². The number of nitrogens with one attached hydrogen (secondary N) is 1. The predicted molar refractivity (Wildman–Crippen MR) is 139 cm³/mol. The van der Waals surface area contributed by atoms with Crippen LogP contribution in [-0.2, 0) is 4.79 Å². The lowest BCUT2D eigenvalue weighted by Gasteiger charge is -2.32. The number of rotatable bonds is 6. The number of carbonyl (C=O) groups excluding carboxylic acids is 2. The summed E-state index contributed by atoms with van der Waals surface area (Å²) in [5, 5.41) is 7.88. The summed E-state index contributed by atoms with van der Waals surface area (Å²) in [5.41, 5.74) is 3.26. The maximum Gasteiger partial charge on any atom is 0.259 e. The van der Waals surface area contributed by atoms with E-state index in [9.17, 15) is 9.59 Å². The number of likely N-dealkylation sites (tertiary alicyclic amines) is 1. The van der Waals surface area contributed by atoms with E-state index < -0.39 is 0 Å². The summed E-state index contributed by atoms with van der Waals surface area (Å²) in [5.74, 6) is 0.636. The lowest BCUT2D eigenvalue weighted by molar-refractivity contribution is -0.127. The van der Waals surface area contributed by atoms with Gasteiger partial charge in [0.25, 0.3) is 5.91 Å². The van der Waals surface area contributed by atoms with Gasteiger partial charge < -0.3 is 14.8 Å². The topological polar surface area (TPSA) is 72.2 Å². The number of para-hydroxylation sites is 1. The summed E-state index contributed by atoms with van der Waals surface area (Å²) in [6.45, 7) is 4.96. The molecule has 36 heavy (non-hydrogen) atoms. The number of hydrogen-bond acceptors (Lipinski definition) is 3. The van der Waals surface area contributed by atoms with Crippen molar-refractivity contribution in [2.75, 3.05) is 13.1 Å². The van der Waals surface area contributed by atoms with E-state index >= 15 is 0 Å². The molecule has 2 aromatic heterocycles. The van der Waals surface area contributed by atoms with Crippen LogP contribution in [0.5, 0.6) is 0 Å². The van der Waals surface area contributed by atoms with Crippen LogP contribution in [0.2, 0.25) is 0 Å². The summed E-state index contributed by atoms with van der Waals surface area (Å²) in [4.78, 5) is 28.6. The number of piperidine rings is 1. The molecule has 1 fully saturated rings. The van der Waals surface area contributed by atoms with Gasteiger partial charge in [0.05, 0.1) is 17.4 Å². The van der Waals surface area contributed by atoms with Crippen molar-refractivity contribution in [1.82, 2.24) is 24.6 Å². The SMILES string of the molecule is Cc1nn(-c2ccccc2)c(-n2cccc2)c1C(=O)N1CCC(C(=O)NC(C)c2ccccc2)CC1. The Bertz CT molecular complexity index is 1320. The lowest BCUT2D eigenvalue weighted by Crippen LogP contribution is -2.43. The average Bonchev–Trinajstić information content (AvgIpc) is 3.57. The molecule has 1 aliphatic rings. The van der Waals surface area contributed by atoms with Crippen molar-refractivity contribution in [3.8, 4) is 11.5 Å². The molecule has 3 heterocycles. The van der Waals surface area contributed by atoms with Crippen LogP contribution in [0.4, 0.5) is 0 Å². The number of benzene rings is 2. The molecular formula is C29H31N5O2. The fourth-order valence-corrected chi connectivity index (χ4v) is 4.89. The van der Waals surface area contributed by atoms with Crippen molar-refractivity contribution in [3.05, 3.63) is 102 Å². The average molecular weight is 482 g/mol. The minimum Gasteiger partial charge on any atom is -0.349 e. The second kappa shape index (κ2) is 10.2. The van der Waals surface area contributed by atoms with Gasteiger partial charge in [-0.3, -0.25) is 9.59 Å². The van der Waals surface area contributed by atoms with Crippen molar-refractivity contribution in [3.63, 3.8) is 0 Å². The molecule has 2 amide bonds. The second-order valence-electron chi connectivity index (χ2n) is 9.33. The van der Waals surface area contributed by atoms with E-state index in [1.807, 2.05) is 113 Å². The monoisotopic (exact) mass is 481 g/mol. The molecule has 1 atom stereocenters. The van der Waals surface area contributed by atoms with Crippen molar-refractivity contribution >= 4 is 11.8 Å². The van der Waals surface area contributed by atoms with Crippen LogP contribution in [0, 0.1) is 12.8 Å². The third-order valence-corrected chi connectivity index (χ3v) is 6.91. The van der Waals surface area contributed by atoms with Crippen LogP contribution in [0.25, 0.3) is 11.5 Å². The predicted octanol–water partition coefficient (Wildman–Crippen LogP) is 4.70. The van der Waals surface area contributed by atoms with Crippen molar-refractivity contribution in [1.29, 1.82) is 0 Å². The Kier molecular flexibility index (Phi) is 6.71. The highest BCUT2D eigenvalue weighted by molar-refractivity contribution is 5.99. The minimum absolute atomic E-state index is 0.0464. The Morgan fingerprint density at radius 1 is 0.917 bits per heavy atom. The van der Waals surface area contributed by atoms with Crippen molar-refractivity contribution in [2.45, 2.75) is 32.7 Å².